The summed E-state index contributed by atoms with van der Waals surface area (Å²) in [4.78, 5) is 62.3. The highest BCUT2D eigenvalue weighted by Gasteiger charge is 2.71. The number of hydrogen-bond donors (Lipinski definition) is 0. The second-order valence-corrected chi connectivity index (χ2v) is 21.4. The lowest BCUT2D eigenvalue weighted by atomic mass is 9.96. The van der Waals surface area contributed by atoms with E-state index in [-0.39, 0.29) is 51.9 Å². The molecule has 0 unspecified atom stereocenters. The fraction of sp³-hybridized carbons (Fsp3) is 0.660. The lowest BCUT2D eigenvalue weighted by Crippen LogP contribution is -2.59. The van der Waals surface area contributed by atoms with Crippen molar-refractivity contribution < 1.29 is 55.0 Å². The minimum Gasteiger partial charge on any atom is -0.444 e. The number of likely N-dealkylation sites (N-methyl/N-ethyl adjacent to an activating group) is 1. The van der Waals surface area contributed by atoms with Crippen molar-refractivity contribution in [2.24, 2.45) is 10.8 Å². The van der Waals surface area contributed by atoms with Gasteiger partial charge in [0, 0.05) is 74.6 Å². The summed E-state index contributed by atoms with van der Waals surface area (Å²) < 4.78 is 93.9. The third-order valence-corrected chi connectivity index (χ3v) is 13.6. The first-order valence-electron chi connectivity index (χ1n) is 22.5. The van der Waals surface area contributed by atoms with Crippen molar-refractivity contribution in [2.75, 3.05) is 64.3 Å². The maximum atomic E-state index is 13.7. The summed E-state index contributed by atoms with van der Waals surface area (Å²) in [5.41, 5.74) is -3.46. The first-order chi connectivity index (χ1) is 30.5. The Kier molecular flexibility index (Phi) is 14.5. The largest absolute Gasteiger partial charge is 0.444 e. The normalized spacial score (nSPS) is 24.5. The fourth-order valence-corrected chi connectivity index (χ4v) is 9.09. The smallest absolute Gasteiger partial charge is 0.410 e. The summed E-state index contributed by atoms with van der Waals surface area (Å²) >= 11 is 3.36. The van der Waals surface area contributed by atoms with E-state index in [1.807, 2.05) is 24.3 Å². The second-order valence-electron chi connectivity index (χ2n) is 20.5. The molecular formula is C47H63BrF6N6O6. The van der Waals surface area contributed by atoms with E-state index in [1.54, 1.807) is 84.6 Å². The summed E-state index contributed by atoms with van der Waals surface area (Å²) in [6, 6.07) is 12.6. The number of rotatable bonds is 5. The van der Waals surface area contributed by atoms with Crippen molar-refractivity contribution in [1.82, 2.24) is 24.5 Å². The zero-order chi connectivity index (χ0) is 48.9. The lowest BCUT2D eigenvalue weighted by molar-refractivity contribution is -0.202. The molecule has 66 heavy (non-hydrogen) atoms. The first kappa shape index (κ1) is 51.1. The SMILES string of the molecule is C[C@@H]1CN(C(=O)OC(C)(C)C)[C@@H](c2ccc(Br)cc2)CN1C(=O)C1(C(F)(F)F)CC1.C[C@@H]1CN(C(=O)OC(C)(C)C)[C@@H](c2ccc(N3CCN(C)CC3)cc2)CN1C(=O)C1(C(F)(F)F)CC1. The van der Waals surface area contributed by atoms with Crippen LogP contribution in [0, 0.1) is 10.8 Å². The predicted octanol–water partition coefficient (Wildman–Crippen LogP) is 9.59. The molecule has 4 amide bonds. The van der Waals surface area contributed by atoms with Crippen LogP contribution in [-0.2, 0) is 19.1 Å². The molecule has 0 radical (unpaired) electrons. The monoisotopic (exact) mass is 1000 g/mol. The Bertz CT molecular complexity index is 2080. The lowest BCUT2D eigenvalue weighted by Gasteiger charge is -2.46. The molecule has 5 aliphatic rings. The molecule has 2 aromatic rings. The van der Waals surface area contributed by atoms with Gasteiger partial charge in [0.1, 0.15) is 22.0 Å². The Morgan fingerprint density at radius 1 is 0.561 bits per heavy atom. The van der Waals surface area contributed by atoms with E-state index in [4.69, 9.17) is 9.47 Å². The third kappa shape index (κ3) is 11.2. The molecular weight excluding hydrogens is 938 g/mol. The van der Waals surface area contributed by atoms with Crippen LogP contribution in [0.4, 0.5) is 41.6 Å². The molecule has 3 saturated heterocycles. The van der Waals surface area contributed by atoms with Gasteiger partial charge in [0.2, 0.25) is 11.8 Å². The number of amides is 4. The van der Waals surface area contributed by atoms with Gasteiger partial charge < -0.3 is 29.1 Å². The van der Waals surface area contributed by atoms with Crippen LogP contribution in [0.5, 0.6) is 0 Å². The second kappa shape index (κ2) is 18.7. The van der Waals surface area contributed by atoms with Crippen LogP contribution >= 0.6 is 15.9 Å². The number of halogens is 7. The van der Waals surface area contributed by atoms with Gasteiger partial charge in [-0.25, -0.2) is 9.59 Å². The van der Waals surface area contributed by atoms with Crippen LogP contribution in [0.3, 0.4) is 0 Å². The van der Waals surface area contributed by atoms with Gasteiger partial charge in [-0.05, 0) is 124 Å². The van der Waals surface area contributed by atoms with Gasteiger partial charge in [-0.2, -0.15) is 26.3 Å². The van der Waals surface area contributed by atoms with Crippen molar-refractivity contribution in [2.45, 2.75) is 129 Å². The van der Waals surface area contributed by atoms with Gasteiger partial charge in [-0.3, -0.25) is 19.4 Å². The van der Waals surface area contributed by atoms with Crippen LogP contribution in [0.25, 0.3) is 0 Å². The van der Waals surface area contributed by atoms with Gasteiger partial charge in [0.25, 0.3) is 0 Å². The van der Waals surface area contributed by atoms with Crippen molar-refractivity contribution in [3.05, 3.63) is 64.1 Å². The van der Waals surface area contributed by atoms with E-state index in [2.05, 4.69) is 32.8 Å². The van der Waals surface area contributed by atoms with E-state index in [9.17, 15) is 45.5 Å². The number of alkyl halides is 6. The number of benzene rings is 2. The molecule has 0 aromatic heterocycles. The van der Waals surface area contributed by atoms with E-state index in [0.717, 1.165) is 47.5 Å². The van der Waals surface area contributed by atoms with Crippen LogP contribution in [-0.4, -0.2) is 144 Å². The molecule has 12 nitrogen and oxygen atoms in total. The highest BCUT2D eigenvalue weighted by Crippen LogP contribution is 2.60. The quantitative estimate of drug-likeness (QED) is 0.273. The van der Waals surface area contributed by atoms with E-state index in [1.165, 1.54) is 14.7 Å². The van der Waals surface area contributed by atoms with Crippen molar-refractivity contribution in [3.63, 3.8) is 0 Å². The number of anilines is 1. The van der Waals surface area contributed by atoms with Crippen molar-refractivity contribution in [3.8, 4) is 0 Å². The standard InChI is InChI=1S/C26H37F3N4O3.C21H26BrF3N2O3/c1-18-16-33(23(35)36-24(2,3)4)21(17-32(18)22(34)25(10-11-25)26(27,28)29)19-6-8-20(9-7-19)31-14-12-30(5)13-15-31;1-13-11-27(18(29)30-19(2,3)4)16(14-5-7-15(22)8-6-14)12-26(13)17(28)20(9-10-20)21(23,24)25/h6-9,18,21H,10-17H2,1-5H3;5-8,13,16H,9-12H2,1-4H3/t18-,21-;13-,16-/m11/s1. The summed E-state index contributed by atoms with van der Waals surface area (Å²) in [6.07, 6.45) is -11.0. The van der Waals surface area contributed by atoms with Gasteiger partial charge >= 0.3 is 24.5 Å². The Hall–Kier alpha value is -4.26. The fourth-order valence-electron chi connectivity index (χ4n) is 8.83. The van der Waals surface area contributed by atoms with E-state index in [0.29, 0.717) is 0 Å². The Morgan fingerprint density at radius 2 is 0.909 bits per heavy atom. The molecule has 2 aliphatic carbocycles. The number of nitrogens with zero attached hydrogens (tertiary/aromatic N) is 6. The number of hydrogen-bond acceptors (Lipinski definition) is 8. The minimum absolute atomic E-state index is 0.00900. The summed E-state index contributed by atoms with van der Waals surface area (Å²) in [6.45, 7) is 17.8. The molecule has 3 aliphatic heterocycles. The average molecular weight is 1000 g/mol. The zero-order valence-electron chi connectivity index (χ0n) is 39.2. The van der Waals surface area contributed by atoms with Crippen molar-refractivity contribution in [1.29, 1.82) is 0 Å². The van der Waals surface area contributed by atoms with Crippen LogP contribution in [0.1, 0.15) is 104 Å². The van der Waals surface area contributed by atoms with Gasteiger partial charge in [0.15, 0.2) is 0 Å². The maximum absolute atomic E-state index is 13.7. The first-order valence-corrected chi connectivity index (χ1v) is 23.3. The zero-order valence-corrected chi connectivity index (χ0v) is 40.8. The van der Waals surface area contributed by atoms with Crippen LogP contribution in [0.2, 0.25) is 0 Å². The minimum atomic E-state index is -4.58. The molecule has 5 fully saturated rings. The molecule has 0 N–H and O–H groups in total. The third-order valence-electron chi connectivity index (χ3n) is 13.1. The predicted molar refractivity (Wildman–Crippen MR) is 239 cm³/mol. The molecule has 3 heterocycles. The van der Waals surface area contributed by atoms with E-state index >= 15 is 0 Å². The molecule has 19 heteroatoms. The van der Waals surface area contributed by atoms with Gasteiger partial charge in [-0.1, -0.05) is 40.2 Å². The van der Waals surface area contributed by atoms with Crippen LogP contribution < -0.4 is 4.90 Å². The van der Waals surface area contributed by atoms with Crippen molar-refractivity contribution >= 4 is 45.6 Å². The molecule has 2 aromatic carbocycles. The summed E-state index contributed by atoms with van der Waals surface area (Å²) in [5, 5.41) is 0. The highest BCUT2D eigenvalue weighted by atomic mass is 79.9. The van der Waals surface area contributed by atoms with Crippen LogP contribution in [0.15, 0.2) is 53.0 Å². The number of piperazine rings is 3. The Labute approximate surface area is 392 Å². The average Bonchev–Trinajstić information content (AvgIpc) is 4.14. The number of carbonyl (C=O) groups is 4. The summed E-state index contributed by atoms with van der Waals surface area (Å²) in [7, 11) is 2.09. The molecule has 2 saturated carbocycles. The topological polar surface area (TPSA) is 106 Å². The molecule has 0 spiro atoms. The molecule has 7 rings (SSSR count). The van der Waals surface area contributed by atoms with Gasteiger partial charge in [0.05, 0.1) is 12.1 Å². The Morgan fingerprint density at radius 3 is 1.23 bits per heavy atom. The number of ether oxygens (including phenoxy) is 2. The molecule has 0 bridgehead atoms. The highest BCUT2D eigenvalue weighted by molar-refractivity contribution is 9.10. The van der Waals surface area contributed by atoms with E-state index < -0.39 is 82.6 Å². The number of carbonyl (C=O) groups excluding carboxylic acids is 4. The Balaban J connectivity index is 0.000000222. The van der Waals surface area contributed by atoms with Gasteiger partial charge in [-0.15, -0.1) is 0 Å². The molecule has 366 valence electrons. The summed E-state index contributed by atoms with van der Waals surface area (Å²) in [5.74, 6) is -1.78. The maximum Gasteiger partial charge on any atom is 0.410 e. The molecule has 4 atom stereocenters.